The van der Waals surface area contributed by atoms with Gasteiger partial charge >= 0.3 is 0 Å². The Hall–Kier alpha value is -2.77. The van der Waals surface area contributed by atoms with E-state index in [1.165, 1.54) is 0 Å². The van der Waals surface area contributed by atoms with Gasteiger partial charge in [-0.15, -0.1) is 0 Å². The molecule has 6 nitrogen and oxygen atoms in total. The van der Waals surface area contributed by atoms with Gasteiger partial charge in [0.05, 0.1) is 4.47 Å². The summed E-state index contributed by atoms with van der Waals surface area (Å²) in [6, 6.07) is 18.4. The summed E-state index contributed by atoms with van der Waals surface area (Å²) in [6.45, 7) is 1.32. The zero-order valence-electron chi connectivity index (χ0n) is 15.4. The van der Waals surface area contributed by atoms with Gasteiger partial charge in [0.2, 0.25) is 0 Å². The first kappa shape index (κ1) is 21.0. The third-order valence-corrected chi connectivity index (χ3v) is 4.84. The van der Waals surface area contributed by atoms with Crippen LogP contribution in [0.25, 0.3) is 10.8 Å². The molecule has 1 atom stereocenters. The molecule has 0 aliphatic rings. The highest BCUT2D eigenvalue weighted by Gasteiger charge is 2.16. The van der Waals surface area contributed by atoms with Crippen molar-refractivity contribution in [3.05, 3.63) is 70.2 Å². The zero-order valence-corrected chi connectivity index (χ0v) is 17.8. The SMILES string of the molecule is CC(Oc1ccc2ccccc2c1)C(=O)NNC(=O)COc1ccc(Cl)cc1Br. The van der Waals surface area contributed by atoms with E-state index in [9.17, 15) is 9.59 Å². The number of carbonyl (C=O) groups is 2. The Balaban J connectivity index is 1.46. The Kier molecular flexibility index (Phi) is 6.95. The highest BCUT2D eigenvalue weighted by Crippen LogP contribution is 2.27. The van der Waals surface area contributed by atoms with Gasteiger partial charge in [0, 0.05) is 5.02 Å². The highest BCUT2D eigenvalue weighted by atomic mass is 79.9. The van der Waals surface area contributed by atoms with Crippen LogP contribution in [0.3, 0.4) is 0 Å². The Morgan fingerprint density at radius 3 is 2.55 bits per heavy atom. The highest BCUT2D eigenvalue weighted by molar-refractivity contribution is 9.10. The van der Waals surface area contributed by atoms with E-state index >= 15 is 0 Å². The van der Waals surface area contributed by atoms with Crippen molar-refractivity contribution in [2.45, 2.75) is 13.0 Å². The molecule has 0 fully saturated rings. The largest absolute Gasteiger partial charge is 0.483 e. The van der Waals surface area contributed by atoms with Crippen molar-refractivity contribution in [1.29, 1.82) is 0 Å². The van der Waals surface area contributed by atoms with E-state index in [4.69, 9.17) is 21.1 Å². The van der Waals surface area contributed by atoms with Crippen LogP contribution in [-0.4, -0.2) is 24.5 Å². The first-order valence-corrected chi connectivity index (χ1v) is 9.91. The summed E-state index contributed by atoms with van der Waals surface area (Å²) in [4.78, 5) is 24.1. The maximum Gasteiger partial charge on any atom is 0.279 e. The number of hydrogen-bond donors (Lipinski definition) is 2. The molecule has 2 N–H and O–H groups in total. The van der Waals surface area contributed by atoms with E-state index in [1.54, 1.807) is 31.2 Å². The van der Waals surface area contributed by atoms with Gasteiger partial charge in [-0.2, -0.15) is 0 Å². The Morgan fingerprint density at radius 2 is 1.79 bits per heavy atom. The average molecular weight is 478 g/mol. The van der Waals surface area contributed by atoms with Crippen LogP contribution in [0.1, 0.15) is 6.92 Å². The Morgan fingerprint density at radius 1 is 1.03 bits per heavy atom. The third-order valence-electron chi connectivity index (χ3n) is 3.98. The van der Waals surface area contributed by atoms with Gasteiger partial charge in [0.1, 0.15) is 11.5 Å². The second kappa shape index (κ2) is 9.62. The quantitative estimate of drug-likeness (QED) is 0.521. The lowest BCUT2D eigenvalue weighted by Crippen LogP contribution is -2.48. The van der Waals surface area contributed by atoms with Gasteiger partial charge in [0.25, 0.3) is 11.8 Å². The fourth-order valence-electron chi connectivity index (χ4n) is 2.50. The van der Waals surface area contributed by atoms with Gasteiger partial charge in [-0.3, -0.25) is 20.4 Å². The van der Waals surface area contributed by atoms with Crippen molar-refractivity contribution in [2.24, 2.45) is 0 Å². The van der Waals surface area contributed by atoms with Gasteiger partial charge < -0.3 is 9.47 Å². The average Bonchev–Trinajstić information content (AvgIpc) is 2.71. The van der Waals surface area contributed by atoms with E-state index in [0.29, 0.717) is 21.0 Å². The van der Waals surface area contributed by atoms with E-state index in [0.717, 1.165) is 10.8 Å². The summed E-state index contributed by atoms with van der Waals surface area (Å²) in [5.74, 6) is 0.0229. The molecule has 0 saturated heterocycles. The molecule has 2 amide bonds. The van der Waals surface area contributed by atoms with Gasteiger partial charge in [-0.25, -0.2) is 0 Å². The molecule has 0 heterocycles. The number of hydrazine groups is 1. The summed E-state index contributed by atoms with van der Waals surface area (Å²) < 4.78 is 11.7. The number of benzene rings is 3. The molecule has 150 valence electrons. The fraction of sp³-hybridized carbons (Fsp3) is 0.143. The Labute approximate surface area is 181 Å². The second-order valence-corrected chi connectivity index (χ2v) is 7.46. The van der Waals surface area contributed by atoms with Crippen molar-refractivity contribution >= 4 is 50.1 Å². The first-order valence-electron chi connectivity index (χ1n) is 8.74. The maximum absolute atomic E-state index is 12.2. The number of rotatable bonds is 6. The zero-order chi connectivity index (χ0) is 20.8. The predicted molar refractivity (Wildman–Crippen MR) is 115 cm³/mol. The Bertz CT molecular complexity index is 1040. The van der Waals surface area contributed by atoms with Crippen LogP contribution in [-0.2, 0) is 9.59 Å². The fourth-order valence-corrected chi connectivity index (χ4v) is 3.30. The minimum atomic E-state index is -0.803. The molecule has 1 unspecified atom stereocenters. The second-order valence-electron chi connectivity index (χ2n) is 6.17. The number of ether oxygens (including phenoxy) is 2. The normalized spacial score (nSPS) is 11.6. The van der Waals surface area contributed by atoms with Gasteiger partial charge in [0.15, 0.2) is 12.7 Å². The van der Waals surface area contributed by atoms with E-state index in [2.05, 4.69) is 26.8 Å². The molecular formula is C21H18BrClN2O4. The van der Waals surface area contributed by atoms with Crippen LogP contribution in [0.15, 0.2) is 65.1 Å². The number of nitrogens with one attached hydrogen (secondary N) is 2. The molecule has 3 aromatic rings. The van der Waals surface area contributed by atoms with Crippen LogP contribution in [0, 0.1) is 0 Å². The summed E-state index contributed by atoms with van der Waals surface area (Å²) in [7, 11) is 0. The summed E-state index contributed by atoms with van der Waals surface area (Å²) in [6.07, 6.45) is -0.803. The lowest BCUT2D eigenvalue weighted by molar-refractivity contribution is -0.133. The van der Waals surface area contributed by atoms with Gasteiger partial charge in [-0.05, 0) is 64.0 Å². The monoisotopic (exact) mass is 476 g/mol. The molecule has 8 heteroatoms. The minimum absolute atomic E-state index is 0.277. The minimum Gasteiger partial charge on any atom is -0.483 e. The predicted octanol–water partition coefficient (Wildman–Crippen LogP) is 4.25. The van der Waals surface area contributed by atoms with Crippen LogP contribution in [0.5, 0.6) is 11.5 Å². The van der Waals surface area contributed by atoms with Gasteiger partial charge in [-0.1, -0.05) is 41.9 Å². The molecule has 3 aromatic carbocycles. The van der Waals surface area contributed by atoms with Crippen molar-refractivity contribution in [2.75, 3.05) is 6.61 Å². The summed E-state index contributed by atoms with van der Waals surface area (Å²) in [5.41, 5.74) is 4.62. The van der Waals surface area contributed by atoms with Crippen molar-refractivity contribution in [3.63, 3.8) is 0 Å². The van der Waals surface area contributed by atoms with E-state index < -0.39 is 17.9 Å². The molecule has 3 rings (SSSR count). The summed E-state index contributed by atoms with van der Waals surface area (Å²) >= 11 is 9.15. The molecule has 29 heavy (non-hydrogen) atoms. The molecule has 0 bridgehead atoms. The molecule has 0 aliphatic carbocycles. The first-order chi connectivity index (χ1) is 13.9. The number of carbonyl (C=O) groups excluding carboxylic acids is 2. The smallest absolute Gasteiger partial charge is 0.279 e. The number of halogens is 2. The van der Waals surface area contributed by atoms with Crippen LogP contribution < -0.4 is 20.3 Å². The standard InChI is InChI=1S/C21H18BrClN2O4/c1-13(29-17-8-6-14-4-2-3-5-15(14)10-17)21(27)25-24-20(26)12-28-19-9-7-16(23)11-18(19)22/h2-11,13H,12H2,1H3,(H,24,26)(H,25,27). The maximum atomic E-state index is 12.2. The lowest BCUT2D eigenvalue weighted by atomic mass is 10.1. The van der Waals surface area contributed by atoms with Crippen molar-refractivity contribution in [1.82, 2.24) is 10.9 Å². The molecule has 0 aliphatic heterocycles. The van der Waals surface area contributed by atoms with Crippen molar-refractivity contribution < 1.29 is 19.1 Å². The summed E-state index contributed by atoms with van der Waals surface area (Å²) in [5, 5.41) is 2.63. The molecule has 0 radical (unpaired) electrons. The van der Waals surface area contributed by atoms with Crippen molar-refractivity contribution in [3.8, 4) is 11.5 Å². The molecule has 0 saturated carbocycles. The number of fused-ring (bicyclic) bond motifs is 1. The van der Waals surface area contributed by atoms with Crippen LogP contribution >= 0.6 is 27.5 Å². The molecule has 0 aromatic heterocycles. The number of hydrogen-bond acceptors (Lipinski definition) is 4. The topological polar surface area (TPSA) is 76.7 Å². The molecule has 0 spiro atoms. The number of amides is 2. The van der Waals surface area contributed by atoms with Crippen LogP contribution in [0.4, 0.5) is 0 Å². The van der Waals surface area contributed by atoms with E-state index in [-0.39, 0.29) is 6.61 Å². The lowest BCUT2D eigenvalue weighted by Gasteiger charge is -2.16. The van der Waals surface area contributed by atoms with Crippen LogP contribution in [0.2, 0.25) is 5.02 Å². The van der Waals surface area contributed by atoms with E-state index in [1.807, 2.05) is 36.4 Å². The third kappa shape index (κ3) is 5.85. The molecular weight excluding hydrogens is 460 g/mol.